The van der Waals surface area contributed by atoms with Crippen LogP contribution in [0.15, 0.2) is 42.0 Å². The van der Waals surface area contributed by atoms with Crippen molar-refractivity contribution in [3.8, 4) is 0 Å². The maximum absolute atomic E-state index is 11.2. The summed E-state index contributed by atoms with van der Waals surface area (Å²) >= 11 is 7.50. The zero-order chi connectivity index (χ0) is 24.1. The van der Waals surface area contributed by atoms with E-state index in [0.29, 0.717) is 6.42 Å². The van der Waals surface area contributed by atoms with Crippen LogP contribution >= 0.6 is 11.6 Å². The summed E-state index contributed by atoms with van der Waals surface area (Å²) < 4.78 is 7.22. The third-order valence-electron chi connectivity index (χ3n) is 10.1. The van der Waals surface area contributed by atoms with E-state index in [1.165, 1.54) is 11.1 Å². The standard InChI is InChI=1S/C28H36ClNO4/c1-25-10-12-27(29)14-20-23(32)24(33)21(30(2)3)15-26(20)11-13-28(27,34-26)22(25)9-8-19(25)18-6-4-17(16-31)5-7-18/h4-8,14,21-24,31-33H,9-13,15-16H2,1-3H3. The third-order valence-corrected chi connectivity index (χ3v) is 10.7. The summed E-state index contributed by atoms with van der Waals surface area (Å²) in [6, 6.07) is 8.10. The van der Waals surface area contributed by atoms with Crippen molar-refractivity contribution in [1.82, 2.24) is 4.90 Å². The lowest BCUT2D eigenvalue weighted by Gasteiger charge is -2.61. The van der Waals surface area contributed by atoms with Crippen molar-refractivity contribution >= 4 is 17.2 Å². The number of hydrogen-bond donors (Lipinski definition) is 3. The van der Waals surface area contributed by atoms with Gasteiger partial charge in [-0.15, -0.1) is 11.6 Å². The van der Waals surface area contributed by atoms with Gasteiger partial charge in [0.2, 0.25) is 0 Å². The van der Waals surface area contributed by atoms with Crippen LogP contribution in [0.25, 0.3) is 5.57 Å². The lowest BCUT2D eigenvalue weighted by atomic mass is 9.54. The molecule has 184 valence electrons. The number of allylic oxidation sites excluding steroid dienone is 2. The number of alkyl halides is 1. The number of likely N-dealkylation sites (N-methyl/N-ethyl adjacent to an activating group) is 1. The van der Waals surface area contributed by atoms with Crippen LogP contribution in [-0.4, -0.2) is 68.6 Å². The van der Waals surface area contributed by atoms with Gasteiger partial charge in [0.15, 0.2) is 0 Å². The van der Waals surface area contributed by atoms with Crippen LogP contribution in [0.3, 0.4) is 0 Å². The van der Waals surface area contributed by atoms with Gasteiger partial charge in [0.05, 0.1) is 28.8 Å². The Bertz CT molecular complexity index is 1070. The van der Waals surface area contributed by atoms with Gasteiger partial charge < -0.3 is 25.0 Å². The molecule has 6 heteroatoms. The quantitative estimate of drug-likeness (QED) is 0.450. The lowest BCUT2D eigenvalue weighted by molar-refractivity contribution is -0.199. The van der Waals surface area contributed by atoms with Gasteiger partial charge in [0, 0.05) is 12.0 Å². The predicted molar refractivity (Wildman–Crippen MR) is 132 cm³/mol. The zero-order valence-corrected chi connectivity index (χ0v) is 21.1. The number of halogens is 1. The van der Waals surface area contributed by atoms with Crippen LogP contribution in [0.4, 0.5) is 0 Å². The molecule has 8 atom stereocenters. The molecule has 0 radical (unpaired) electrons. The molecule has 2 aliphatic heterocycles. The predicted octanol–water partition coefficient (Wildman–Crippen LogP) is 3.64. The number of fused-ring (bicyclic) bond motifs is 1. The van der Waals surface area contributed by atoms with E-state index in [1.807, 2.05) is 31.1 Å². The van der Waals surface area contributed by atoms with E-state index >= 15 is 0 Å². The van der Waals surface area contributed by atoms with E-state index in [0.717, 1.165) is 43.2 Å². The molecule has 2 bridgehead atoms. The normalized spacial score (nSPS) is 47.1. The van der Waals surface area contributed by atoms with Crippen molar-refractivity contribution in [2.75, 3.05) is 14.1 Å². The first-order valence-corrected chi connectivity index (χ1v) is 13.0. The largest absolute Gasteiger partial charge is 0.392 e. The highest BCUT2D eigenvalue weighted by molar-refractivity contribution is 6.26. The van der Waals surface area contributed by atoms with Crippen LogP contribution < -0.4 is 0 Å². The van der Waals surface area contributed by atoms with Crippen molar-refractivity contribution in [1.29, 1.82) is 0 Å². The molecule has 8 unspecified atom stereocenters. The summed E-state index contributed by atoms with van der Waals surface area (Å²) in [5.74, 6) is 0.248. The number of benzene rings is 1. The fraction of sp³-hybridized carbons (Fsp3) is 0.643. The molecular weight excluding hydrogens is 450 g/mol. The SMILES string of the molecule is CN(C)C1CC23CCC4(O2)C2CC=C(c5ccc(CO)cc5)C2(C)CCC4(Cl)C=C3C(O)C1O. The highest BCUT2D eigenvalue weighted by Gasteiger charge is 2.73. The Hall–Kier alpha value is -1.21. The van der Waals surface area contributed by atoms with Crippen molar-refractivity contribution in [2.45, 2.75) is 86.4 Å². The van der Waals surface area contributed by atoms with Gasteiger partial charge in [-0.05, 0) is 80.3 Å². The first kappa shape index (κ1) is 23.2. The molecule has 34 heavy (non-hydrogen) atoms. The molecule has 1 saturated heterocycles. The fourth-order valence-electron chi connectivity index (χ4n) is 8.22. The van der Waals surface area contributed by atoms with Gasteiger partial charge in [0.1, 0.15) is 6.10 Å². The van der Waals surface area contributed by atoms with Gasteiger partial charge >= 0.3 is 0 Å². The smallest absolute Gasteiger partial charge is 0.105 e. The summed E-state index contributed by atoms with van der Waals surface area (Å²) in [7, 11) is 3.91. The number of aliphatic hydroxyl groups is 3. The molecular formula is C28H36ClNO4. The Labute approximate surface area is 207 Å². The average molecular weight is 486 g/mol. The minimum Gasteiger partial charge on any atom is -0.392 e. The Kier molecular flexibility index (Phi) is 5.05. The summed E-state index contributed by atoms with van der Waals surface area (Å²) in [6.07, 6.45) is 7.68. The summed E-state index contributed by atoms with van der Waals surface area (Å²) in [4.78, 5) is 1.33. The molecule has 6 rings (SSSR count). The second kappa shape index (κ2) is 7.41. The van der Waals surface area contributed by atoms with Gasteiger partial charge in [-0.1, -0.05) is 43.3 Å². The average Bonchev–Trinajstić information content (AvgIpc) is 3.35. The van der Waals surface area contributed by atoms with E-state index in [1.54, 1.807) is 0 Å². The van der Waals surface area contributed by atoms with Crippen molar-refractivity contribution in [3.63, 3.8) is 0 Å². The molecule has 0 aromatic heterocycles. The molecule has 5 aliphatic rings. The highest BCUT2D eigenvalue weighted by Crippen LogP contribution is 2.71. The molecule has 3 fully saturated rings. The first-order valence-electron chi connectivity index (χ1n) is 12.6. The minimum absolute atomic E-state index is 0.0518. The Morgan fingerprint density at radius 3 is 2.50 bits per heavy atom. The monoisotopic (exact) mass is 485 g/mol. The number of nitrogens with zero attached hydrogens (tertiary/aromatic N) is 1. The molecule has 2 heterocycles. The first-order chi connectivity index (χ1) is 16.1. The van der Waals surface area contributed by atoms with E-state index in [2.05, 4.69) is 31.2 Å². The van der Waals surface area contributed by atoms with E-state index in [9.17, 15) is 15.3 Å². The van der Waals surface area contributed by atoms with Gasteiger partial charge in [-0.3, -0.25) is 0 Å². The van der Waals surface area contributed by atoms with Crippen LogP contribution in [-0.2, 0) is 11.3 Å². The lowest BCUT2D eigenvalue weighted by Crippen LogP contribution is -2.68. The maximum Gasteiger partial charge on any atom is 0.105 e. The number of ether oxygens (including phenoxy) is 1. The van der Waals surface area contributed by atoms with Crippen molar-refractivity contribution in [2.24, 2.45) is 11.3 Å². The summed E-state index contributed by atoms with van der Waals surface area (Å²) in [5.41, 5.74) is 3.19. The fourth-order valence-corrected chi connectivity index (χ4v) is 8.70. The van der Waals surface area contributed by atoms with Gasteiger partial charge in [-0.25, -0.2) is 0 Å². The van der Waals surface area contributed by atoms with Gasteiger partial charge in [0.25, 0.3) is 0 Å². The highest BCUT2D eigenvalue weighted by atomic mass is 35.5. The molecule has 1 aromatic carbocycles. The third kappa shape index (κ3) is 2.80. The van der Waals surface area contributed by atoms with Crippen LogP contribution in [0.2, 0.25) is 0 Å². The van der Waals surface area contributed by atoms with Crippen molar-refractivity contribution < 1.29 is 20.1 Å². The van der Waals surface area contributed by atoms with Gasteiger partial charge in [-0.2, -0.15) is 0 Å². The second-order valence-electron chi connectivity index (χ2n) is 11.8. The van der Waals surface area contributed by atoms with Crippen LogP contribution in [0.5, 0.6) is 0 Å². The molecule has 0 amide bonds. The molecule has 2 saturated carbocycles. The number of aliphatic hydroxyl groups excluding tert-OH is 3. The number of rotatable bonds is 3. The maximum atomic E-state index is 11.2. The second-order valence-corrected chi connectivity index (χ2v) is 12.5. The van der Waals surface area contributed by atoms with E-state index in [-0.39, 0.29) is 24.0 Å². The van der Waals surface area contributed by atoms with Crippen molar-refractivity contribution in [3.05, 3.63) is 53.1 Å². The Balaban J connectivity index is 1.40. The molecule has 2 spiro atoms. The molecule has 3 N–H and O–H groups in total. The Morgan fingerprint density at radius 2 is 1.82 bits per heavy atom. The molecule has 3 aliphatic carbocycles. The molecule has 5 nitrogen and oxygen atoms in total. The van der Waals surface area contributed by atoms with E-state index < -0.39 is 28.3 Å². The minimum atomic E-state index is -0.955. The number of hydrogen-bond acceptors (Lipinski definition) is 5. The zero-order valence-electron chi connectivity index (χ0n) is 20.3. The molecule has 1 aromatic rings. The van der Waals surface area contributed by atoms with Crippen LogP contribution in [0, 0.1) is 11.3 Å². The summed E-state index contributed by atoms with van der Waals surface area (Å²) in [6.45, 7) is 2.42. The topological polar surface area (TPSA) is 73.2 Å². The van der Waals surface area contributed by atoms with E-state index in [4.69, 9.17) is 16.3 Å². The van der Waals surface area contributed by atoms with Crippen LogP contribution in [0.1, 0.15) is 56.6 Å². The Morgan fingerprint density at radius 1 is 1.09 bits per heavy atom. The summed E-state index contributed by atoms with van der Waals surface area (Å²) in [5, 5.41) is 31.5.